The first-order valence-corrected chi connectivity index (χ1v) is 3.96. The Morgan fingerprint density at radius 2 is 2.25 bits per heavy atom. The van der Waals surface area contributed by atoms with Gasteiger partial charge in [-0.25, -0.2) is 0 Å². The van der Waals surface area contributed by atoms with Crippen molar-refractivity contribution in [3.63, 3.8) is 0 Å². The molecule has 2 heteroatoms. The van der Waals surface area contributed by atoms with E-state index in [9.17, 15) is 0 Å². The van der Waals surface area contributed by atoms with Crippen LogP contribution in [0.3, 0.4) is 0 Å². The van der Waals surface area contributed by atoms with Crippen LogP contribution in [0.25, 0.3) is 0 Å². The lowest BCUT2D eigenvalue weighted by atomic mass is 10.2. The standard InChI is InChI=1S/C6H12BrN/c1-5-3-6(7)4-8(5)2/h5-6H,3-4H2,1-2H3. The fourth-order valence-electron chi connectivity index (χ4n) is 1.12. The summed E-state index contributed by atoms with van der Waals surface area (Å²) in [7, 11) is 2.17. The van der Waals surface area contributed by atoms with Gasteiger partial charge in [-0.15, -0.1) is 0 Å². The molecule has 1 fully saturated rings. The van der Waals surface area contributed by atoms with E-state index >= 15 is 0 Å². The van der Waals surface area contributed by atoms with Gasteiger partial charge in [0.2, 0.25) is 0 Å². The van der Waals surface area contributed by atoms with Gasteiger partial charge in [0.1, 0.15) is 0 Å². The summed E-state index contributed by atoms with van der Waals surface area (Å²) in [6.07, 6.45) is 1.30. The second-order valence-electron chi connectivity index (χ2n) is 2.62. The van der Waals surface area contributed by atoms with Crippen LogP contribution in [0.1, 0.15) is 13.3 Å². The molecule has 0 spiro atoms. The van der Waals surface area contributed by atoms with Crippen LogP contribution in [-0.2, 0) is 0 Å². The van der Waals surface area contributed by atoms with Crippen LogP contribution >= 0.6 is 15.9 Å². The lowest BCUT2D eigenvalue weighted by Gasteiger charge is -2.11. The van der Waals surface area contributed by atoms with Gasteiger partial charge < -0.3 is 4.90 Å². The number of nitrogens with zero attached hydrogens (tertiary/aromatic N) is 1. The van der Waals surface area contributed by atoms with Gasteiger partial charge in [0.15, 0.2) is 0 Å². The van der Waals surface area contributed by atoms with Gasteiger partial charge in [-0.2, -0.15) is 0 Å². The fraction of sp³-hybridized carbons (Fsp3) is 1.00. The SMILES string of the molecule is CC1CC(Br)CN1C. The summed E-state index contributed by atoms with van der Waals surface area (Å²) < 4.78 is 0. The summed E-state index contributed by atoms with van der Waals surface area (Å²) in [6, 6.07) is 0.777. The fourth-order valence-corrected chi connectivity index (χ4v) is 2.11. The number of hydrogen-bond acceptors (Lipinski definition) is 1. The summed E-state index contributed by atoms with van der Waals surface area (Å²) >= 11 is 3.58. The Hall–Kier alpha value is 0.440. The molecule has 1 nitrogen and oxygen atoms in total. The third kappa shape index (κ3) is 1.23. The van der Waals surface area contributed by atoms with E-state index in [2.05, 4.69) is 34.8 Å². The molecule has 2 unspecified atom stereocenters. The highest BCUT2D eigenvalue weighted by molar-refractivity contribution is 9.09. The second-order valence-corrected chi connectivity index (χ2v) is 3.92. The molecule has 0 aliphatic carbocycles. The van der Waals surface area contributed by atoms with Gasteiger partial charge >= 0.3 is 0 Å². The van der Waals surface area contributed by atoms with Crippen LogP contribution in [0.2, 0.25) is 0 Å². The molecule has 1 saturated heterocycles. The summed E-state index contributed by atoms with van der Waals surface area (Å²) in [4.78, 5) is 3.11. The number of hydrogen-bond donors (Lipinski definition) is 0. The van der Waals surface area contributed by atoms with Crippen molar-refractivity contribution in [3.05, 3.63) is 0 Å². The normalized spacial score (nSPS) is 40.9. The van der Waals surface area contributed by atoms with Crippen molar-refractivity contribution in [2.45, 2.75) is 24.2 Å². The summed E-state index contributed by atoms with van der Waals surface area (Å²) in [6.45, 7) is 3.47. The minimum Gasteiger partial charge on any atom is -0.303 e. The van der Waals surface area contributed by atoms with E-state index in [0.717, 1.165) is 10.9 Å². The topological polar surface area (TPSA) is 3.24 Å². The maximum Gasteiger partial charge on any atom is 0.0287 e. The maximum atomic E-state index is 3.58. The van der Waals surface area contributed by atoms with E-state index in [1.54, 1.807) is 0 Å². The van der Waals surface area contributed by atoms with E-state index in [4.69, 9.17) is 0 Å². The van der Waals surface area contributed by atoms with Gasteiger partial charge in [-0.05, 0) is 20.4 Å². The lowest BCUT2D eigenvalue weighted by Crippen LogP contribution is -2.21. The zero-order chi connectivity index (χ0) is 6.15. The Morgan fingerprint density at radius 3 is 2.38 bits per heavy atom. The van der Waals surface area contributed by atoms with Gasteiger partial charge in [0, 0.05) is 17.4 Å². The molecule has 0 aromatic carbocycles. The molecule has 0 radical (unpaired) electrons. The van der Waals surface area contributed by atoms with Crippen LogP contribution in [0, 0.1) is 0 Å². The summed E-state index contributed by atoms with van der Waals surface area (Å²) in [5, 5.41) is 0. The van der Waals surface area contributed by atoms with E-state index in [0.29, 0.717) is 0 Å². The molecule has 0 bridgehead atoms. The predicted molar refractivity (Wildman–Crippen MR) is 39.4 cm³/mol. The monoisotopic (exact) mass is 177 g/mol. The molecule has 8 heavy (non-hydrogen) atoms. The van der Waals surface area contributed by atoms with Crippen molar-refractivity contribution in [2.75, 3.05) is 13.6 Å². The van der Waals surface area contributed by atoms with Crippen molar-refractivity contribution >= 4 is 15.9 Å². The summed E-state index contributed by atoms with van der Waals surface area (Å²) in [5.74, 6) is 0. The molecular weight excluding hydrogens is 166 g/mol. The van der Waals surface area contributed by atoms with E-state index < -0.39 is 0 Å². The summed E-state index contributed by atoms with van der Waals surface area (Å²) in [5.41, 5.74) is 0. The van der Waals surface area contributed by atoms with Crippen LogP contribution in [0.5, 0.6) is 0 Å². The molecule has 2 atom stereocenters. The van der Waals surface area contributed by atoms with Crippen molar-refractivity contribution in [3.8, 4) is 0 Å². The van der Waals surface area contributed by atoms with Gasteiger partial charge in [-0.3, -0.25) is 0 Å². The molecule has 1 rings (SSSR count). The zero-order valence-corrected chi connectivity index (χ0v) is 6.98. The van der Waals surface area contributed by atoms with Crippen LogP contribution in [0.15, 0.2) is 0 Å². The van der Waals surface area contributed by atoms with Crippen molar-refractivity contribution in [1.82, 2.24) is 4.90 Å². The Balaban J connectivity index is 2.39. The number of rotatable bonds is 0. The molecule has 48 valence electrons. The molecule has 0 aromatic heterocycles. The highest BCUT2D eigenvalue weighted by atomic mass is 79.9. The minimum atomic E-state index is 0.738. The zero-order valence-electron chi connectivity index (χ0n) is 5.39. The van der Waals surface area contributed by atoms with Crippen LogP contribution < -0.4 is 0 Å². The van der Waals surface area contributed by atoms with E-state index in [-0.39, 0.29) is 0 Å². The minimum absolute atomic E-state index is 0.738. The Morgan fingerprint density at radius 1 is 1.62 bits per heavy atom. The predicted octanol–water partition coefficient (Wildman–Crippen LogP) is 1.47. The van der Waals surface area contributed by atoms with Crippen molar-refractivity contribution in [1.29, 1.82) is 0 Å². The van der Waals surface area contributed by atoms with Crippen molar-refractivity contribution in [2.24, 2.45) is 0 Å². The number of likely N-dealkylation sites (tertiary alicyclic amines) is 1. The Bertz CT molecular complexity index is 74.6. The molecule has 1 aliphatic rings. The molecule has 0 amide bonds. The van der Waals surface area contributed by atoms with Gasteiger partial charge in [-0.1, -0.05) is 15.9 Å². The number of halogens is 1. The Labute approximate surface area is 59.2 Å². The van der Waals surface area contributed by atoms with E-state index in [1.807, 2.05) is 0 Å². The quantitative estimate of drug-likeness (QED) is 0.508. The molecule has 1 aliphatic heterocycles. The van der Waals surface area contributed by atoms with Crippen LogP contribution in [-0.4, -0.2) is 29.4 Å². The van der Waals surface area contributed by atoms with Gasteiger partial charge in [0.25, 0.3) is 0 Å². The average Bonchev–Trinajstić information content (AvgIpc) is 1.85. The molecule has 1 heterocycles. The van der Waals surface area contributed by atoms with Crippen LogP contribution in [0.4, 0.5) is 0 Å². The first-order chi connectivity index (χ1) is 3.70. The third-order valence-corrected chi connectivity index (χ3v) is 2.50. The first kappa shape index (κ1) is 6.56. The largest absolute Gasteiger partial charge is 0.303 e. The second kappa shape index (κ2) is 2.36. The molecule has 0 aromatic rings. The average molecular weight is 178 g/mol. The molecule has 0 saturated carbocycles. The highest BCUT2D eigenvalue weighted by Gasteiger charge is 2.23. The maximum absolute atomic E-state index is 3.58. The highest BCUT2D eigenvalue weighted by Crippen LogP contribution is 2.20. The molecular formula is C6H12BrN. The van der Waals surface area contributed by atoms with Gasteiger partial charge in [0.05, 0.1) is 0 Å². The van der Waals surface area contributed by atoms with E-state index in [1.165, 1.54) is 13.0 Å². The Kier molecular flexibility index (Phi) is 1.93. The molecule has 0 N–H and O–H groups in total. The first-order valence-electron chi connectivity index (χ1n) is 3.04. The number of alkyl halides is 1. The third-order valence-electron chi connectivity index (χ3n) is 1.84. The smallest absolute Gasteiger partial charge is 0.0287 e. The van der Waals surface area contributed by atoms with Crippen molar-refractivity contribution < 1.29 is 0 Å². The lowest BCUT2D eigenvalue weighted by molar-refractivity contribution is 0.331.